The summed E-state index contributed by atoms with van der Waals surface area (Å²) in [7, 11) is 0. The number of ether oxygens (including phenoxy) is 2. The standard InChI is InChI=1S/C17H18BrNO4/c1-4-22-15(20)17(16(21)23-5-2)14(9-11(3)19-17)12-7-6-8-13(18)10-12/h6-10H,4-5H2,1-3H3. The third-order valence-electron chi connectivity index (χ3n) is 3.36. The van der Waals surface area contributed by atoms with E-state index in [1.807, 2.05) is 24.3 Å². The van der Waals surface area contributed by atoms with Gasteiger partial charge in [0, 0.05) is 15.8 Å². The van der Waals surface area contributed by atoms with E-state index in [4.69, 9.17) is 9.47 Å². The number of esters is 2. The van der Waals surface area contributed by atoms with Crippen LogP contribution in [0.4, 0.5) is 0 Å². The lowest BCUT2D eigenvalue weighted by Gasteiger charge is -2.25. The molecule has 0 amide bonds. The topological polar surface area (TPSA) is 65.0 Å². The maximum Gasteiger partial charge on any atom is 0.350 e. The zero-order chi connectivity index (χ0) is 17.0. The minimum Gasteiger partial charge on any atom is -0.463 e. The molecule has 1 aliphatic rings. The average Bonchev–Trinajstić information content (AvgIpc) is 2.86. The Balaban J connectivity index is 2.60. The Kier molecular flexibility index (Phi) is 5.36. The Labute approximate surface area is 143 Å². The van der Waals surface area contributed by atoms with Gasteiger partial charge in [-0.15, -0.1) is 0 Å². The number of benzene rings is 1. The highest BCUT2D eigenvalue weighted by molar-refractivity contribution is 9.10. The molecule has 1 aliphatic heterocycles. The monoisotopic (exact) mass is 379 g/mol. The zero-order valence-corrected chi connectivity index (χ0v) is 14.8. The van der Waals surface area contributed by atoms with E-state index in [9.17, 15) is 9.59 Å². The van der Waals surface area contributed by atoms with E-state index in [1.54, 1.807) is 26.8 Å². The average molecular weight is 380 g/mol. The van der Waals surface area contributed by atoms with Crippen molar-refractivity contribution < 1.29 is 19.1 Å². The number of nitrogens with zero attached hydrogens (tertiary/aromatic N) is 1. The van der Waals surface area contributed by atoms with Crippen molar-refractivity contribution in [3.05, 3.63) is 40.4 Å². The molecular formula is C17H18BrNO4. The summed E-state index contributed by atoms with van der Waals surface area (Å²) in [6.07, 6.45) is 1.72. The predicted molar refractivity (Wildman–Crippen MR) is 91.2 cm³/mol. The molecule has 0 atom stereocenters. The molecule has 0 saturated heterocycles. The quantitative estimate of drug-likeness (QED) is 0.582. The van der Waals surface area contributed by atoms with Gasteiger partial charge in [0.1, 0.15) is 0 Å². The van der Waals surface area contributed by atoms with E-state index in [0.717, 1.165) is 4.47 Å². The van der Waals surface area contributed by atoms with Crippen LogP contribution in [0.25, 0.3) is 5.57 Å². The molecule has 0 fully saturated rings. The Morgan fingerprint density at radius 3 is 2.30 bits per heavy atom. The molecule has 1 heterocycles. The van der Waals surface area contributed by atoms with Crippen LogP contribution in [0.1, 0.15) is 26.3 Å². The fourth-order valence-electron chi connectivity index (χ4n) is 2.48. The molecule has 0 unspecified atom stereocenters. The first-order valence-electron chi connectivity index (χ1n) is 7.34. The summed E-state index contributed by atoms with van der Waals surface area (Å²) in [5.74, 6) is -1.44. The largest absolute Gasteiger partial charge is 0.463 e. The van der Waals surface area contributed by atoms with Gasteiger partial charge in [-0.2, -0.15) is 0 Å². The smallest absolute Gasteiger partial charge is 0.350 e. The van der Waals surface area contributed by atoms with E-state index in [-0.39, 0.29) is 13.2 Å². The van der Waals surface area contributed by atoms with Crippen molar-refractivity contribution in [1.82, 2.24) is 0 Å². The van der Waals surface area contributed by atoms with Gasteiger partial charge >= 0.3 is 11.9 Å². The van der Waals surface area contributed by atoms with Crippen LogP contribution in [0.3, 0.4) is 0 Å². The van der Waals surface area contributed by atoms with Gasteiger partial charge in [0.15, 0.2) is 0 Å². The van der Waals surface area contributed by atoms with E-state index in [1.165, 1.54) is 0 Å². The molecule has 0 radical (unpaired) electrons. The maximum atomic E-state index is 12.6. The number of aliphatic imine (C=N–C) groups is 1. The molecule has 0 N–H and O–H groups in total. The third-order valence-corrected chi connectivity index (χ3v) is 3.86. The van der Waals surface area contributed by atoms with Crippen molar-refractivity contribution in [2.45, 2.75) is 26.3 Å². The Bertz CT molecular complexity index is 676. The normalized spacial score (nSPS) is 15.7. The molecule has 0 saturated carbocycles. The number of halogens is 1. The van der Waals surface area contributed by atoms with Crippen molar-refractivity contribution in [3.63, 3.8) is 0 Å². The molecule has 0 spiro atoms. The molecule has 0 aromatic heterocycles. The van der Waals surface area contributed by atoms with Crippen LogP contribution in [0.2, 0.25) is 0 Å². The molecule has 0 aliphatic carbocycles. The molecule has 1 aromatic rings. The Morgan fingerprint density at radius 2 is 1.78 bits per heavy atom. The van der Waals surface area contributed by atoms with Crippen LogP contribution >= 0.6 is 15.9 Å². The first kappa shape index (κ1) is 17.4. The van der Waals surface area contributed by atoms with Crippen LogP contribution in [0.5, 0.6) is 0 Å². The molecule has 5 nitrogen and oxygen atoms in total. The van der Waals surface area contributed by atoms with E-state index >= 15 is 0 Å². The summed E-state index contributed by atoms with van der Waals surface area (Å²) in [6, 6.07) is 7.34. The SMILES string of the molecule is CCOC(=O)C1(C(=O)OCC)N=C(C)C=C1c1cccc(Br)c1. The summed E-state index contributed by atoms with van der Waals surface area (Å²) in [4.78, 5) is 29.5. The Morgan fingerprint density at radius 1 is 1.17 bits per heavy atom. The molecule has 23 heavy (non-hydrogen) atoms. The minimum absolute atomic E-state index is 0.153. The van der Waals surface area contributed by atoms with E-state index in [2.05, 4.69) is 20.9 Å². The van der Waals surface area contributed by atoms with E-state index < -0.39 is 17.5 Å². The fraction of sp³-hybridized carbons (Fsp3) is 0.353. The van der Waals surface area contributed by atoms with Crippen molar-refractivity contribution in [2.75, 3.05) is 13.2 Å². The van der Waals surface area contributed by atoms with Gasteiger partial charge in [0.25, 0.3) is 5.54 Å². The van der Waals surface area contributed by atoms with Gasteiger partial charge in [0.2, 0.25) is 0 Å². The van der Waals surface area contributed by atoms with E-state index in [0.29, 0.717) is 16.8 Å². The summed E-state index contributed by atoms with van der Waals surface area (Å²) in [5, 5.41) is 0. The highest BCUT2D eigenvalue weighted by atomic mass is 79.9. The maximum absolute atomic E-state index is 12.6. The van der Waals surface area contributed by atoms with Gasteiger partial charge in [-0.3, -0.25) is 4.99 Å². The number of carbonyl (C=O) groups is 2. The van der Waals surface area contributed by atoms with Crippen LogP contribution < -0.4 is 0 Å². The number of allylic oxidation sites excluding steroid dienone is 1. The van der Waals surface area contributed by atoms with Gasteiger partial charge in [-0.1, -0.05) is 28.1 Å². The number of hydrogen-bond acceptors (Lipinski definition) is 5. The summed E-state index contributed by atoms with van der Waals surface area (Å²) in [5.41, 5.74) is -0.0490. The number of carbonyl (C=O) groups excluding carboxylic acids is 2. The summed E-state index contributed by atoms with van der Waals surface area (Å²) < 4.78 is 11.1. The van der Waals surface area contributed by atoms with Crippen LogP contribution in [-0.2, 0) is 19.1 Å². The molecular weight excluding hydrogens is 362 g/mol. The molecule has 122 valence electrons. The zero-order valence-electron chi connectivity index (χ0n) is 13.3. The van der Waals surface area contributed by atoms with Gasteiger partial charge < -0.3 is 9.47 Å². The lowest BCUT2D eigenvalue weighted by atomic mass is 9.86. The lowest BCUT2D eigenvalue weighted by Crippen LogP contribution is -2.47. The fourth-order valence-corrected chi connectivity index (χ4v) is 2.88. The van der Waals surface area contributed by atoms with Crippen LogP contribution in [-0.4, -0.2) is 36.4 Å². The van der Waals surface area contributed by atoms with Crippen molar-refractivity contribution in [2.24, 2.45) is 4.99 Å². The van der Waals surface area contributed by atoms with Crippen LogP contribution in [0, 0.1) is 0 Å². The minimum atomic E-state index is -1.79. The van der Waals surface area contributed by atoms with Crippen LogP contribution in [0.15, 0.2) is 39.8 Å². The van der Waals surface area contributed by atoms with Crippen molar-refractivity contribution >= 4 is 39.2 Å². The van der Waals surface area contributed by atoms with Crippen molar-refractivity contribution in [3.8, 4) is 0 Å². The second-order valence-corrected chi connectivity index (χ2v) is 5.89. The van der Waals surface area contributed by atoms with Gasteiger partial charge in [-0.25, -0.2) is 9.59 Å². The summed E-state index contributed by atoms with van der Waals surface area (Å²) in [6.45, 7) is 5.41. The lowest BCUT2D eigenvalue weighted by molar-refractivity contribution is -0.160. The second kappa shape index (κ2) is 7.08. The number of rotatable bonds is 5. The highest BCUT2D eigenvalue weighted by Crippen LogP contribution is 2.38. The first-order chi connectivity index (χ1) is 11.0. The highest BCUT2D eigenvalue weighted by Gasteiger charge is 2.55. The van der Waals surface area contributed by atoms with Gasteiger partial charge in [0.05, 0.1) is 13.2 Å². The van der Waals surface area contributed by atoms with Gasteiger partial charge in [-0.05, 0) is 44.5 Å². The predicted octanol–water partition coefficient (Wildman–Crippen LogP) is 3.17. The number of hydrogen-bond donors (Lipinski definition) is 0. The summed E-state index contributed by atoms with van der Waals surface area (Å²) >= 11 is 3.40. The molecule has 2 rings (SSSR count). The second-order valence-electron chi connectivity index (χ2n) is 4.97. The third kappa shape index (κ3) is 3.22. The van der Waals surface area contributed by atoms with Crippen molar-refractivity contribution in [1.29, 1.82) is 0 Å². The molecule has 0 bridgehead atoms. The Hall–Kier alpha value is -1.95. The molecule has 6 heteroatoms. The molecule has 1 aromatic carbocycles. The first-order valence-corrected chi connectivity index (χ1v) is 8.14.